The molecule has 3 fully saturated rings. The van der Waals surface area contributed by atoms with Gasteiger partial charge in [0.1, 0.15) is 5.60 Å². The number of nitrogens with zero attached hydrogens (tertiary/aromatic N) is 1. The van der Waals surface area contributed by atoms with Crippen LogP contribution in [0.2, 0.25) is 39.3 Å². The van der Waals surface area contributed by atoms with Gasteiger partial charge in [0.05, 0.1) is 16.0 Å². The molecule has 2 aromatic rings. The summed E-state index contributed by atoms with van der Waals surface area (Å²) in [6, 6.07) is 8.20. The number of Topliss-reactive ketones (excluding diaryl/α,β-unsaturated/α-hetero) is 1. The summed E-state index contributed by atoms with van der Waals surface area (Å²) in [4.78, 5) is 32.1. The molecule has 0 saturated heterocycles. The second-order valence-corrected chi connectivity index (χ2v) is 27.2. The third kappa shape index (κ3) is 5.62. The van der Waals surface area contributed by atoms with Gasteiger partial charge in [0, 0.05) is 17.9 Å². The quantitative estimate of drug-likeness (QED) is 0.209. The van der Waals surface area contributed by atoms with Crippen molar-refractivity contribution in [1.82, 2.24) is 4.98 Å². The Morgan fingerprint density at radius 2 is 1.79 bits per heavy atom. The minimum absolute atomic E-state index is 0.0138. The van der Waals surface area contributed by atoms with E-state index in [4.69, 9.17) is 13.8 Å². The van der Waals surface area contributed by atoms with E-state index in [9.17, 15) is 9.59 Å². The fourth-order valence-electron chi connectivity index (χ4n) is 9.57. The summed E-state index contributed by atoms with van der Waals surface area (Å²) in [5, 5.41) is 0. The van der Waals surface area contributed by atoms with Crippen molar-refractivity contribution in [2.45, 2.75) is 114 Å². The molecule has 5 nitrogen and oxygen atoms in total. The summed E-state index contributed by atoms with van der Waals surface area (Å²) in [5.41, 5.74) is 1.23. The molecule has 0 N–H and O–H groups in total. The van der Waals surface area contributed by atoms with Crippen LogP contribution in [-0.4, -0.2) is 50.6 Å². The first-order chi connectivity index (χ1) is 20.0. The van der Waals surface area contributed by atoms with E-state index in [2.05, 4.69) is 59.2 Å². The van der Waals surface area contributed by atoms with E-state index in [0.717, 1.165) is 53.1 Å². The Bertz CT molecular complexity index is 1430. The van der Waals surface area contributed by atoms with E-state index in [0.29, 0.717) is 29.9 Å². The summed E-state index contributed by atoms with van der Waals surface area (Å²) in [7, 11) is -4.01. The lowest BCUT2D eigenvalue weighted by molar-refractivity contribution is -0.171. The second-order valence-electron chi connectivity index (χ2n) is 16.0. The maximum Gasteiger partial charge on any atom is 0.185 e. The van der Waals surface area contributed by atoms with E-state index < -0.39 is 22.2 Å². The summed E-state index contributed by atoms with van der Waals surface area (Å²) in [5.74, 6) is 2.15. The van der Waals surface area contributed by atoms with Gasteiger partial charge >= 0.3 is 0 Å². The predicted molar refractivity (Wildman–Crippen MR) is 183 cm³/mol. The zero-order chi connectivity index (χ0) is 31.0. The Kier molecular flexibility index (Phi) is 8.16. The molecule has 7 atom stereocenters. The molecule has 1 aromatic heterocycles. The number of para-hydroxylation sites is 1. The van der Waals surface area contributed by atoms with Crippen LogP contribution < -0.4 is 0 Å². The van der Waals surface area contributed by atoms with Crippen LogP contribution in [0, 0.1) is 28.6 Å². The van der Waals surface area contributed by atoms with E-state index in [1.54, 1.807) is 23.1 Å². The first kappa shape index (κ1) is 31.9. The number of benzene rings is 1. The standard InChI is InChI=1S/C34H49NO4S2Si2/c1-32-17-15-23(36)19-22(32)13-14-24-25-16-18-34(39-43(6,7)8,33(25,2)20-27(30(24)32)38-42(3,4)5)29(37)21-40-31-35-26-11-9-10-12-28(26)41-31/h9-12,19,24-25,27,30H,13-18,20-21H2,1-8H3/t24?,25?,27-,30?,32?,33?,34-/m0/s1. The number of hydrogen-bond acceptors (Lipinski definition) is 7. The van der Waals surface area contributed by atoms with Crippen LogP contribution in [0.15, 0.2) is 40.3 Å². The SMILES string of the molecule is CC12CCC(=O)C=C1CCC1C2[C@@H](O[Si](C)(C)C)CC2(C)C1CC[C@]2(O[Si](C)(C)C)C(=O)CSc1nc2ccccc2s1. The Labute approximate surface area is 268 Å². The molecule has 0 spiro atoms. The van der Waals surface area contributed by atoms with Gasteiger partial charge in [-0.15, -0.1) is 11.3 Å². The minimum Gasteiger partial charge on any atom is -0.414 e. The monoisotopic (exact) mass is 655 g/mol. The average molecular weight is 656 g/mol. The lowest BCUT2D eigenvalue weighted by Crippen LogP contribution is -2.65. The molecule has 9 heteroatoms. The van der Waals surface area contributed by atoms with E-state index in [-0.39, 0.29) is 28.5 Å². The highest BCUT2D eigenvalue weighted by Crippen LogP contribution is 2.69. The van der Waals surface area contributed by atoms with E-state index in [1.807, 2.05) is 24.3 Å². The average Bonchev–Trinajstić information content (AvgIpc) is 3.44. The zero-order valence-electron chi connectivity index (χ0n) is 27.2. The number of thiazole rings is 1. The number of hydrogen-bond donors (Lipinski definition) is 0. The van der Waals surface area contributed by atoms with Gasteiger partial charge in [-0.2, -0.15) is 0 Å². The lowest BCUT2D eigenvalue weighted by atomic mass is 9.45. The van der Waals surface area contributed by atoms with Gasteiger partial charge in [-0.25, -0.2) is 4.98 Å². The fraction of sp³-hybridized carbons (Fsp3) is 0.676. The maximum absolute atomic E-state index is 14.7. The number of fused-ring (bicyclic) bond motifs is 6. The van der Waals surface area contributed by atoms with E-state index >= 15 is 0 Å². The number of thioether (sulfide) groups is 1. The van der Waals surface area contributed by atoms with Crippen LogP contribution in [0.4, 0.5) is 0 Å². The van der Waals surface area contributed by atoms with Crippen LogP contribution in [-0.2, 0) is 18.4 Å². The van der Waals surface area contributed by atoms with Crippen molar-refractivity contribution < 1.29 is 18.4 Å². The topological polar surface area (TPSA) is 65.5 Å². The summed E-state index contributed by atoms with van der Waals surface area (Å²) in [6.07, 6.45) is 8.31. The van der Waals surface area contributed by atoms with Crippen LogP contribution in [0.5, 0.6) is 0 Å². The molecule has 1 heterocycles. The largest absolute Gasteiger partial charge is 0.414 e. The van der Waals surface area contributed by atoms with Crippen LogP contribution >= 0.6 is 23.1 Å². The Morgan fingerprint density at radius 1 is 1.05 bits per heavy atom. The molecule has 3 saturated carbocycles. The molecule has 4 aliphatic carbocycles. The van der Waals surface area contributed by atoms with Gasteiger partial charge in [-0.05, 0) is 119 Å². The number of allylic oxidation sites excluding steroid dienone is 1. The van der Waals surface area contributed by atoms with Crippen LogP contribution in [0.3, 0.4) is 0 Å². The number of ketones is 2. The molecule has 0 amide bonds. The summed E-state index contributed by atoms with van der Waals surface area (Å²) in [6.45, 7) is 18.4. The highest BCUT2D eigenvalue weighted by Gasteiger charge is 2.70. The van der Waals surface area contributed by atoms with E-state index in [1.165, 1.54) is 5.57 Å². The predicted octanol–water partition coefficient (Wildman–Crippen LogP) is 8.91. The summed E-state index contributed by atoms with van der Waals surface area (Å²) >= 11 is 3.25. The maximum atomic E-state index is 14.7. The van der Waals surface area contributed by atoms with Crippen LogP contribution in [0.1, 0.15) is 58.8 Å². The second kappa shape index (κ2) is 11.0. The zero-order valence-corrected chi connectivity index (χ0v) is 30.9. The number of carbonyl (C=O) groups excluding carboxylic acids is 2. The molecule has 1 aromatic carbocycles. The Morgan fingerprint density at radius 3 is 2.49 bits per heavy atom. The molecule has 0 radical (unpaired) electrons. The normalized spacial score (nSPS) is 36.2. The Hall–Kier alpha value is -1.11. The molecule has 5 unspecified atom stereocenters. The van der Waals surface area contributed by atoms with Crippen molar-refractivity contribution in [2.75, 3.05) is 5.75 Å². The molecular weight excluding hydrogens is 607 g/mol. The third-order valence-electron chi connectivity index (χ3n) is 11.0. The van der Waals surface area contributed by atoms with Gasteiger partial charge < -0.3 is 8.85 Å². The first-order valence-electron chi connectivity index (χ1n) is 16.2. The van der Waals surface area contributed by atoms with Crippen LogP contribution in [0.25, 0.3) is 10.2 Å². The minimum atomic E-state index is -2.10. The van der Waals surface area contributed by atoms with Crippen molar-refractivity contribution >= 4 is 61.5 Å². The molecule has 234 valence electrons. The van der Waals surface area contributed by atoms with Gasteiger partial charge in [0.2, 0.25) is 0 Å². The number of aromatic nitrogens is 1. The molecular formula is C34H49NO4S2Si2. The lowest BCUT2D eigenvalue weighted by Gasteiger charge is -2.63. The van der Waals surface area contributed by atoms with Crippen molar-refractivity contribution in [1.29, 1.82) is 0 Å². The number of carbonyl (C=O) groups is 2. The third-order valence-corrected chi connectivity index (χ3v) is 15.2. The smallest absolute Gasteiger partial charge is 0.185 e. The fourth-order valence-corrected chi connectivity index (χ4v) is 14.2. The highest BCUT2D eigenvalue weighted by molar-refractivity contribution is 8.01. The van der Waals surface area contributed by atoms with Gasteiger partial charge in [0.25, 0.3) is 0 Å². The molecule has 0 bridgehead atoms. The van der Waals surface area contributed by atoms with Gasteiger partial charge in [0.15, 0.2) is 32.5 Å². The highest BCUT2D eigenvalue weighted by atomic mass is 32.2. The first-order valence-corrected chi connectivity index (χ1v) is 24.8. The molecule has 4 aliphatic rings. The molecule has 6 rings (SSSR count). The van der Waals surface area contributed by atoms with Crippen molar-refractivity contribution in [2.24, 2.45) is 28.6 Å². The van der Waals surface area contributed by atoms with Crippen molar-refractivity contribution in [3.63, 3.8) is 0 Å². The van der Waals surface area contributed by atoms with Gasteiger partial charge in [-0.1, -0.05) is 43.3 Å². The molecule has 0 aliphatic heterocycles. The van der Waals surface area contributed by atoms with Crippen molar-refractivity contribution in [3.05, 3.63) is 35.9 Å². The number of rotatable bonds is 8. The van der Waals surface area contributed by atoms with Crippen molar-refractivity contribution in [3.8, 4) is 0 Å². The Balaban J connectivity index is 1.37. The molecule has 43 heavy (non-hydrogen) atoms. The summed E-state index contributed by atoms with van der Waals surface area (Å²) < 4.78 is 16.5. The van der Waals surface area contributed by atoms with Gasteiger partial charge in [-0.3, -0.25) is 9.59 Å².